The van der Waals surface area contributed by atoms with Crippen molar-refractivity contribution in [2.45, 2.75) is 31.7 Å². The predicted molar refractivity (Wildman–Crippen MR) is 85.2 cm³/mol. The summed E-state index contributed by atoms with van der Waals surface area (Å²) in [5.74, 6) is -0.190. The van der Waals surface area contributed by atoms with Crippen LogP contribution in [0.3, 0.4) is 0 Å². The van der Waals surface area contributed by atoms with E-state index >= 15 is 0 Å². The summed E-state index contributed by atoms with van der Waals surface area (Å²) in [4.78, 5) is 0. The first-order valence-corrected chi connectivity index (χ1v) is 7.58. The molecule has 1 unspecified atom stereocenters. The van der Waals surface area contributed by atoms with Crippen molar-refractivity contribution in [2.75, 3.05) is 0 Å². The Bertz CT molecular complexity index is 570. The molecule has 0 saturated carbocycles. The van der Waals surface area contributed by atoms with Crippen LogP contribution in [0.25, 0.3) is 0 Å². The van der Waals surface area contributed by atoms with Crippen LogP contribution in [0.5, 0.6) is 0 Å². The highest BCUT2D eigenvalue weighted by atomic mass is 79.9. The summed E-state index contributed by atoms with van der Waals surface area (Å²) in [6, 6.07) is 15.1. The minimum absolute atomic E-state index is 0.190. The number of benzene rings is 2. The molecule has 0 aromatic heterocycles. The number of rotatable bonds is 5. The van der Waals surface area contributed by atoms with Gasteiger partial charge < -0.3 is 5.73 Å². The van der Waals surface area contributed by atoms with Crippen molar-refractivity contribution in [3.8, 4) is 0 Å². The maximum atomic E-state index is 13.9. The van der Waals surface area contributed by atoms with Crippen LogP contribution < -0.4 is 5.73 Å². The molecule has 0 aliphatic carbocycles. The highest BCUT2D eigenvalue weighted by molar-refractivity contribution is 9.10. The summed E-state index contributed by atoms with van der Waals surface area (Å²) in [6.07, 6.45) is 2.08. The predicted octanol–water partition coefficient (Wildman–Crippen LogP) is 4.48. The molecule has 0 spiro atoms. The van der Waals surface area contributed by atoms with Gasteiger partial charge in [-0.2, -0.15) is 0 Å². The molecule has 2 aromatic carbocycles. The van der Waals surface area contributed by atoms with Crippen molar-refractivity contribution < 1.29 is 4.39 Å². The molecule has 3 heteroatoms. The highest BCUT2D eigenvalue weighted by Gasteiger charge is 2.25. The van der Waals surface area contributed by atoms with Gasteiger partial charge in [-0.25, -0.2) is 4.39 Å². The van der Waals surface area contributed by atoms with Crippen molar-refractivity contribution in [1.82, 2.24) is 0 Å². The van der Waals surface area contributed by atoms with Crippen LogP contribution in [0, 0.1) is 5.82 Å². The highest BCUT2D eigenvalue weighted by Crippen LogP contribution is 2.24. The summed E-state index contributed by atoms with van der Waals surface area (Å²) >= 11 is 3.39. The number of nitrogens with two attached hydrogens (primary N) is 1. The quantitative estimate of drug-likeness (QED) is 0.856. The molecule has 0 aliphatic heterocycles. The third-order valence-corrected chi connectivity index (χ3v) is 4.15. The fourth-order valence-corrected chi connectivity index (χ4v) is 2.78. The Morgan fingerprint density at radius 3 is 2.45 bits per heavy atom. The Morgan fingerprint density at radius 1 is 1.10 bits per heavy atom. The lowest BCUT2D eigenvalue weighted by Crippen LogP contribution is -2.44. The summed E-state index contributed by atoms with van der Waals surface area (Å²) < 4.78 is 14.8. The average molecular weight is 336 g/mol. The van der Waals surface area contributed by atoms with Gasteiger partial charge >= 0.3 is 0 Å². The fourth-order valence-electron chi connectivity index (χ4n) is 2.37. The van der Waals surface area contributed by atoms with Gasteiger partial charge in [0.1, 0.15) is 5.82 Å². The molecule has 1 nitrogen and oxygen atoms in total. The second-order valence-electron chi connectivity index (χ2n) is 5.29. The Kier molecular flexibility index (Phi) is 4.95. The Labute approximate surface area is 128 Å². The van der Waals surface area contributed by atoms with Gasteiger partial charge in [0.05, 0.1) is 0 Å². The SMILES string of the molecule is CCC(N)(Cc1ccccc1)Cc1cc(Br)ccc1F. The summed E-state index contributed by atoms with van der Waals surface area (Å²) in [7, 11) is 0. The van der Waals surface area contributed by atoms with Crippen molar-refractivity contribution >= 4 is 15.9 Å². The van der Waals surface area contributed by atoms with Crippen molar-refractivity contribution in [3.05, 3.63) is 69.9 Å². The molecule has 0 amide bonds. The second kappa shape index (κ2) is 6.51. The molecule has 20 heavy (non-hydrogen) atoms. The molecule has 2 aromatic rings. The molecule has 2 rings (SSSR count). The first kappa shape index (κ1) is 15.2. The molecule has 0 fully saturated rings. The van der Waals surface area contributed by atoms with Gasteiger partial charge in [-0.3, -0.25) is 0 Å². The first-order chi connectivity index (χ1) is 9.52. The van der Waals surface area contributed by atoms with Crippen LogP contribution in [0.15, 0.2) is 53.0 Å². The summed E-state index contributed by atoms with van der Waals surface area (Å²) in [5.41, 5.74) is 7.92. The zero-order chi connectivity index (χ0) is 14.6. The van der Waals surface area contributed by atoms with E-state index in [-0.39, 0.29) is 5.82 Å². The Morgan fingerprint density at radius 2 is 1.80 bits per heavy atom. The van der Waals surface area contributed by atoms with Gasteiger partial charge in [0, 0.05) is 10.0 Å². The molecular formula is C17H19BrFN. The van der Waals surface area contributed by atoms with Crippen LogP contribution in [0.1, 0.15) is 24.5 Å². The van der Waals surface area contributed by atoms with E-state index in [0.717, 1.165) is 17.3 Å². The van der Waals surface area contributed by atoms with Gasteiger partial charge in [-0.15, -0.1) is 0 Å². The monoisotopic (exact) mass is 335 g/mol. The molecule has 0 aliphatic rings. The summed E-state index contributed by atoms with van der Waals surface area (Å²) in [6.45, 7) is 2.05. The number of hydrogen-bond acceptors (Lipinski definition) is 1. The van der Waals surface area contributed by atoms with Gasteiger partial charge in [0.25, 0.3) is 0 Å². The lowest BCUT2D eigenvalue weighted by Gasteiger charge is -2.29. The van der Waals surface area contributed by atoms with E-state index < -0.39 is 5.54 Å². The van der Waals surface area contributed by atoms with Crippen molar-refractivity contribution in [2.24, 2.45) is 5.73 Å². The van der Waals surface area contributed by atoms with Crippen LogP contribution in [-0.4, -0.2) is 5.54 Å². The molecule has 2 N–H and O–H groups in total. The topological polar surface area (TPSA) is 26.0 Å². The normalized spacial score (nSPS) is 14.0. The molecule has 0 bridgehead atoms. The van der Waals surface area contributed by atoms with Crippen LogP contribution >= 0.6 is 15.9 Å². The van der Waals surface area contributed by atoms with Crippen molar-refractivity contribution in [3.63, 3.8) is 0 Å². The van der Waals surface area contributed by atoms with Gasteiger partial charge in [-0.05, 0) is 48.6 Å². The molecule has 0 heterocycles. The Balaban J connectivity index is 2.20. The van der Waals surface area contributed by atoms with E-state index in [4.69, 9.17) is 5.73 Å². The second-order valence-corrected chi connectivity index (χ2v) is 6.21. The standard InChI is InChI=1S/C17H19BrFN/c1-2-17(20,11-13-6-4-3-5-7-13)12-14-10-15(18)8-9-16(14)19/h3-10H,2,11-12,20H2,1H3. The van der Waals surface area contributed by atoms with E-state index in [1.54, 1.807) is 6.07 Å². The molecule has 1 atom stereocenters. The maximum Gasteiger partial charge on any atom is 0.126 e. The van der Waals surface area contributed by atoms with Gasteiger partial charge in [0.2, 0.25) is 0 Å². The smallest absolute Gasteiger partial charge is 0.126 e. The van der Waals surface area contributed by atoms with E-state index in [2.05, 4.69) is 35.0 Å². The number of hydrogen-bond donors (Lipinski definition) is 1. The van der Waals surface area contributed by atoms with E-state index in [1.165, 1.54) is 11.6 Å². The number of halogens is 2. The molecule has 106 valence electrons. The van der Waals surface area contributed by atoms with Crippen LogP contribution in [0.4, 0.5) is 4.39 Å². The minimum atomic E-state index is -0.428. The summed E-state index contributed by atoms with van der Waals surface area (Å²) in [5, 5.41) is 0. The van der Waals surface area contributed by atoms with Crippen LogP contribution in [0.2, 0.25) is 0 Å². The largest absolute Gasteiger partial charge is 0.325 e. The average Bonchev–Trinajstić information content (AvgIpc) is 2.44. The third kappa shape index (κ3) is 3.90. The zero-order valence-corrected chi connectivity index (χ0v) is 13.2. The zero-order valence-electron chi connectivity index (χ0n) is 11.6. The molecule has 0 saturated heterocycles. The minimum Gasteiger partial charge on any atom is -0.325 e. The van der Waals surface area contributed by atoms with Crippen LogP contribution in [-0.2, 0) is 12.8 Å². The third-order valence-electron chi connectivity index (χ3n) is 3.65. The maximum absolute atomic E-state index is 13.9. The molecular weight excluding hydrogens is 317 g/mol. The van der Waals surface area contributed by atoms with E-state index in [0.29, 0.717) is 12.0 Å². The van der Waals surface area contributed by atoms with Gasteiger partial charge in [-0.1, -0.05) is 53.2 Å². The van der Waals surface area contributed by atoms with Gasteiger partial charge in [0.15, 0.2) is 0 Å². The lowest BCUT2D eigenvalue weighted by molar-refractivity contribution is 0.397. The van der Waals surface area contributed by atoms with E-state index in [9.17, 15) is 4.39 Å². The molecule has 0 radical (unpaired) electrons. The van der Waals surface area contributed by atoms with Crippen molar-refractivity contribution in [1.29, 1.82) is 0 Å². The lowest BCUT2D eigenvalue weighted by atomic mass is 9.83. The Hall–Kier alpha value is -1.19. The first-order valence-electron chi connectivity index (χ1n) is 6.79. The van der Waals surface area contributed by atoms with E-state index in [1.807, 2.05) is 24.3 Å². The fraction of sp³-hybridized carbons (Fsp3) is 0.294.